The molecule has 3 heterocycles. The predicted octanol–water partition coefficient (Wildman–Crippen LogP) is 0.986. The smallest absolute Gasteiger partial charge is 0.325 e. The SMILES string of the molecule is Cc1c(-c2cnn3cccnc23)cnn1CC(=O)O. The van der Waals surface area contributed by atoms with Crippen molar-refractivity contribution in [2.24, 2.45) is 0 Å². The summed E-state index contributed by atoms with van der Waals surface area (Å²) in [5.74, 6) is -0.921. The highest BCUT2D eigenvalue weighted by Crippen LogP contribution is 2.25. The Kier molecular flexibility index (Phi) is 2.52. The maximum atomic E-state index is 10.7. The number of carbonyl (C=O) groups is 1. The summed E-state index contributed by atoms with van der Waals surface area (Å²) >= 11 is 0. The molecule has 7 nitrogen and oxygen atoms in total. The first-order valence-electron chi connectivity index (χ1n) is 5.70. The van der Waals surface area contributed by atoms with Gasteiger partial charge in [-0.3, -0.25) is 9.48 Å². The van der Waals surface area contributed by atoms with Crippen LogP contribution in [0.2, 0.25) is 0 Å². The van der Waals surface area contributed by atoms with Gasteiger partial charge in [-0.1, -0.05) is 0 Å². The highest BCUT2D eigenvalue weighted by atomic mass is 16.4. The van der Waals surface area contributed by atoms with Crippen LogP contribution in [-0.4, -0.2) is 35.5 Å². The molecule has 0 amide bonds. The van der Waals surface area contributed by atoms with Gasteiger partial charge in [0, 0.05) is 29.2 Å². The van der Waals surface area contributed by atoms with Gasteiger partial charge in [0.05, 0.1) is 12.4 Å². The van der Waals surface area contributed by atoms with E-state index in [0.29, 0.717) is 0 Å². The van der Waals surface area contributed by atoms with Gasteiger partial charge in [0.1, 0.15) is 6.54 Å². The summed E-state index contributed by atoms with van der Waals surface area (Å²) in [6.07, 6.45) is 6.85. The van der Waals surface area contributed by atoms with Gasteiger partial charge in [-0.25, -0.2) is 9.50 Å². The van der Waals surface area contributed by atoms with Gasteiger partial charge in [-0.15, -0.1) is 0 Å². The Hall–Kier alpha value is -2.70. The van der Waals surface area contributed by atoms with Crippen molar-refractivity contribution in [3.8, 4) is 11.1 Å². The monoisotopic (exact) mass is 257 g/mol. The quantitative estimate of drug-likeness (QED) is 0.756. The lowest BCUT2D eigenvalue weighted by molar-refractivity contribution is -0.137. The summed E-state index contributed by atoms with van der Waals surface area (Å²) in [7, 11) is 0. The molecule has 3 aromatic rings. The van der Waals surface area contributed by atoms with Crippen LogP contribution in [-0.2, 0) is 11.3 Å². The third-order valence-corrected chi connectivity index (χ3v) is 2.96. The van der Waals surface area contributed by atoms with Crippen LogP contribution in [0.15, 0.2) is 30.9 Å². The highest BCUT2D eigenvalue weighted by Gasteiger charge is 2.15. The topological polar surface area (TPSA) is 85.3 Å². The highest BCUT2D eigenvalue weighted by molar-refractivity contribution is 5.78. The molecule has 0 aliphatic rings. The molecule has 0 aliphatic carbocycles. The maximum absolute atomic E-state index is 10.7. The standard InChI is InChI=1S/C12H11N5O2/c1-8-9(5-15-17(8)7-11(18)19)10-6-14-16-4-2-3-13-12(10)16/h2-6H,7H2,1H3,(H,18,19). The number of rotatable bonds is 3. The van der Waals surface area contributed by atoms with Crippen molar-refractivity contribution >= 4 is 11.6 Å². The number of nitrogens with zero attached hydrogens (tertiary/aromatic N) is 5. The zero-order valence-corrected chi connectivity index (χ0v) is 10.2. The first-order valence-corrected chi connectivity index (χ1v) is 5.70. The predicted molar refractivity (Wildman–Crippen MR) is 66.6 cm³/mol. The average molecular weight is 257 g/mol. The fourth-order valence-corrected chi connectivity index (χ4v) is 2.02. The molecule has 1 N–H and O–H groups in total. The van der Waals surface area contributed by atoms with Gasteiger partial charge in [-0.05, 0) is 13.0 Å². The first-order chi connectivity index (χ1) is 9.16. The fraction of sp³-hybridized carbons (Fsp3) is 0.167. The van der Waals surface area contributed by atoms with Gasteiger partial charge in [0.15, 0.2) is 5.65 Å². The summed E-state index contributed by atoms with van der Waals surface area (Å²) in [6.45, 7) is 1.68. The van der Waals surface area contributed by atoms with Crippen LogP contribution in [0.25, 0.3) is 16.8 Å². The Morgan fingerprint density at radius 2 is 2.11 bits per heavy atom. The van der Waals surface area contributed by atoms with E-state index in [1.54, 1.807) is 29.2 Å². The van der Waals surface area contributed by atoms with Crippen molar-refractivity contribution in [3.05, 3.63) is 36.5 Å². The van der Waals surface area contributed by atoms with Crippen molar-refractivity contribution in [2.75, 3.05) is 0 Å². The molecule has 0 saturated carbocycles. The van der Waals surface area contributed by atoms with Crippen LogP contribution in [0.1, 0.15) is 5.69 Å². The van der Waals surface area contributed by atoms with Crippen LogP contribution < -0.4 is 0 Å². The second kappa shape index (κ2) is 4.20. The normalized spacial score (nSPS) is 11.0. The second-order valence-electron chi connectivity index (χ2n) is 4.14. The molecule has 0 radical (unpaired) electrons. The number of hydrogen-bond acceptors (Lipinski definition) is 4. The molecular weight excluding hydrogens is 246 g/mol. The molecule has 3 aromatic heterocycles. The van der Waals surface area contributed by atoms with E-state index in [9.17, 15) is 4.79 Å². The van der Waals surface area contributed by atoms with E-state index in [0.717, 1.165) is 22.5 Å². The molecule has 0 atom stereocenters. The molecule has 3 rings (SSSR count). The van der Waals surface area contributed by atoms with Gasteiger partial charge in [0.25, 0.3) is 0 Å². The van der Waals surface area contributed by atoms with Gasteiger partial charge >= 0.3 is 5.97 Å². The van der Waals surface area contributed by atoms with E-state index < -0.39 is 5.97 Å². The summed E-state index contributed by atoms with van der Waals surface area (Å²) in [6, 6.07) is 1.80. The summed E-state index contributed by atoms with van der Waals surface area (Å²) in [5.41, 5.74) is 3.19. The third kappa shape index (κ3) is 1.85. The first kappa shape index (κ1) is 11.4. The van der Waals surface area contributed by atoms with Crippen molar-refractivity contribution in [3.63, 3.8) is 0 Å². The number of fused-ring (bicyclic) bond motifs is 1. The molecule has 0 aromatic carbocycles. The zero-order chi connectivity index (χ0) is 13.4. The number of aliphatic carboxylic acids is 1. The lowest BCUT2D eigenvalue weighted by atomic mass is 10.1. The third-order valence-electron chi connectivity index (χ3n) is 2.96. The van der Waals surface area contributed by atoms with E-state index in [1.807, 2.05) is 13.1 Å². The van der Waals surface area contributed by atoms with Crippen LogP contribution in [0.4, 0.5) is 0 Å². The van der Waals surface area contributed by atoms with E-state index >= 15 is 0 Å². The molecule has 96 valence electrons. The van der Waals surface area contributed by atoms with Crippen molar-refractivity contribution in [1.29, 1.82) is 0 Å². The van der Waals surface area contributed by atoms with Gasteiger partial charge in [0.2, 0.25) is 0 Å². The van der Waals surface area contributed by atoms with Crippen molar-refractivity contribution in [2.45, 2.75) is 13.5 Å². The van der Waals surface area contributed by atoms with Crippen molar-refractivity contribution in [1.82, 2.24) is 24.4 Å². The summed E-state index contributed by atoms with van der Waals surface area (Å²) in [5, 5.41) is 17.1. The van der Waals surface area contributed by atoms with E-state index in [4.69, 9.17) is 5.11 Å². The number of hydrogen-bond donors (Lipinski definition) is 1. The van der Waals surface area contributed by atoms with E-state index in [2.05, 4.69) is 15.2 Å². The number of carboxylic acids is 1. The lowest BCUT2D eigenvalue weighted by Gasteiger charge is -2.01. The van der Waals surface area contributed by atoms with Gasteiger partial charge in [-0.2, -0.15) is 10.2 Å². The van der Waals surface area contributed by atoms with E-state index in [1.165, 1.54) is 4.68 Å². The Labute approximate surface area is 108 Å². The van der Waals surface area contributed by atoms with Crippen LogP contribution >= 0.6 is 0 Å². The fourth-order valence-electron chi connectivity index (χ4n) is 2.02. The van der Waals surface area contributed by atoms with Crippen LogP contribution in [0, 0.1) is 6.92 Å². The van der Waals surface area contributed by atoms with Crippen LogP contribution in [0.3, 0.4) is 0 Å². The minimum Gasteiger partial charge on any atom is -0.480 e. The summed E-state index contributed by atoms with van der Waals surface area (Å²) < 4.78 is 3.12. The molecule has 0 saturated heterocycles. The number of carboxylic acid groups (broad SMARTS) is 1. The lowest BCUT2D eigenvalue weighted by Crippen LogP contribution is -2.11. The van der Waals surface area contributed by atoms with Crippen molar-refractivity contribution < 1.29 is 9.90 Å². The molecule has 19 heavy (non-hydrogen) atoms. The number of aromatic nitrogens is 5. The second-order valence-corrected chi connectivity index (χ2v) is 4.14. The zero-order valence-electron chi connectivity index (χ0n) is 10.2. The Bertz CT molecular complexity index is 758. The van der Waals surface area contributed by atoms with E-state index in [-0.39, 0.29) is 6.54 Å². The molecule has 0 aliphatic heterocycles. The largest absolute Gasteiger partial charge is 0.480 e. The average Bonchev–Trinajstić information content (AvgIpc) is 2.94. The minimum atomic E-state index is -0.921. The molecular formula is C12H11N5O2. The molecule has 0 unspecified atom stereocenters. The van der Waals surface area contributed by atoms with Gasteiger partial charge < -0.3 is 5.11 Å². The molecule has 0 fully saturated rings. The summed E-state index contributed by atoms with van der Waals surface area (Å²) in [4.78, 5) is 15.0. The molecule has 7 heteroatoms. The maximum Gasteiger partial charge on any atom is 0.325 e. The minimum absolute atomic E-state index is 0.154. The van der Waals surface area contributed by atoms with Crippen LogP contribution in [0.5, 0.6) is 0 Å². The molecule has 0 bridgehead atoms. The Balaban J connectivity index is 2.12. The Morgan fingerprint density at radius 1 is 1.32 bits per heavy atom. The Morgan fingerprint density at radius 3 is 2.89 bits per heavy atom. The molecule has 0 spiro atoms.